The van der Waals surface area contributed by atoms with E-state index >= 15 is 0 Å². The van der Waals surface area contributed by atoms with Gasteiger partial charge in [0.05, 0.1) is 0 Å². The summed E-state index contributed by atoms with van der Waals surface area (Å²) in [6.45, 7) is 7.22. The molecule has 0 aromatic heterocycles. The maximum absolute atomic E-state index is 5.64. The Balaban J connectivity index is 1.77. The highest BCUT2D eigenvalue weighted by Crippen LogP contribution is 2.49. The largest absolute Gasteiger partial charge is 0.330 e. The van der Waals surface area contributed by atoms with Gasteiger partial charge in [-0.05, 0) is 50.1 Å². The lowest BCUT2D eigenvalue weighted by Gasteiger charge is -2.22. The molecule has 2 aliphatic rings. The quantitative estimate of drug-likeness (QED) is 0.713. The summed E-state index contributed by atoms with van der Waals surface area (Å²) in [6.07, 6.45) is 5.50. The molecule has 1 saturated heterocycles. The summed E-state index contributed by atoms with van der Waals surface area (Å²) < 4.78 is 0. The van der Waals surface area contributed by atoms with Gasteiger partial charge in [0.15, 0.2) is 0 Å². The third-order valence-corrected chi connectivity index (χ3v) is 3.70. The molecule has 0 aromatic rings. The van der Waals surface area contributed by atoms with Gasteiger partial charge in [0.2, 0.25) is 0 Å². The molecule has 0 bridgehead atoms. The summed E-state index contributed by atoms with van der Waals surface area (Å²) in [4.78, 5) is 2.65. The molecule has 2 fully saturated rings. The van der Waals surface area contributed by atoms with Gasteiger partial charge >= 0.3 is 0 Å². The van der Waals surface area contributed by atoms with Crippen LogP contribution in [0.1, 0.15) is 32.6 Å². The molecule has 76 valence electrons. The fourth-order valence-electron chi connectivity index (χ4n) is 2.61. The van der Waals surface area contributed by atoms with Crippen molar-refractivity contribution in [1.29, 1.82) is 0 Å². The Morgan fingerprint density at radius 2 is 2.23 bits per heavy atom. The van der Waals surface area contributed by atoms with E-state index in [2.05, 4.69) is 11.8 Å². The van der Waals surface area contributed by atoms with Gasteiger partial charge in [-0.15, -0.1) is 0 Å². The Hall–Kier alpha value is -0.0800. The van der Waals surface area contributed by atoms with E-state index in [0.29, 0.717) is 5.41 Å². The van der Waals surface area contributed by atoms with Gasteiger partial charge < -0.3 is 10.6 Å². The molecule has 0 spiro atoms. The average Bonchev–Trinajstić information content (AvgIpc) is 2.70. The van der Waals surface area contributed by atoms with Gasteiger partial charge in [0, 0.05) is 13.1 Å². The lowest BCUT2D eigenvalue weighted by Crippen LogP contribution is -2.29. The number of rotatable bonds is 4. The second-order valence-corrected chi connectivity index (χ2v) is 5.17. The van der Waals surface area contributed by atoms with Gasteiger partial charge in [-0.25, -0.2) is 0 Å². The van der Waals surface area contributed by atoms with Crippen LogP contribution < -0.4 is 5.73 Å². The number of hydrogen-bond donors (Lipinski definition) is 1. The third-order valence-electron chi connectivity index (χ3n) is 3.70. The van der Waals surface area contributed by atoms with Gasteiger partial charge in [0.25, 0.3) is 0 Å². The van der Waals surface area contributed by atoms with Crippen molar-refractivity contribution >= 4 is 0 Å². The smallest absolute Gasteiger partial charge is 0.00386 e. The van der Waals surface area contributed by atoms with E-state index in [4.69, 9.17) is 5.73 Å². The monoisotopic (exact) mass is 182 g/mol. The zero-order chi connectivity index (χ0) is 9.31. The van der Waals surface area contributed by atoms with Gasteiger partial charge in [-0.2, -0.15) is 0 Å². The number of nitrogens with two attached hydrogens (primary N) is 1. The Bertz CT molecular complexity index is 175. The van der Waals surface area contributed by atoms with E-state index in [0.717, 1.165) is 12.5 Å². The summed E-state index contributed by atoms with van der Waals surface area (Å²) in [7, 11) is 0. The van der Waals surface area contributed by atoms with Crippen molar-refractivity contribution in [3.8, 4) is 0 Å². The molecule has 13 heavy (non-hydrogen) atoms. The molecule has 1 atom stereocenters. The van der Waals surface area contributed by atoms with Crippen LogP contribution >= 0.6 is 0 Å². The molecular formula is C11H22N2. The van der Waals surface area contributed by atoms with Crippen LogP contribution in [-0.4, -0.2) is 31.1 Å². The zero-order valence-corrected chi connectivity index (χ0v) is 8.76. The maximum Gasteiger partial charge on any atom is 0.00386 e. The molecule has 2 heteroatoms. The van der Waals surface area contributed by atoms with Crippen LogP contribution in [0.25, 0.3) is 0 Å². The van der Waals surface area contributed by atoms with Gasteiger partial charge in [-0.3, -0.25) is 0 Å². The molecule has 1 aliphatic heterocycles. The second kappa shape index (κ2) is 3.58. The second-order valence-electron chi connectivity index (χ2n) is 5.17. The van der Waals surface area contributed by atoms with Crippen molar-refractivity contribution in [3.05, 3.63) is 0 Å². The number of nitrogens with zero attached hydrogens (tertiary/aromatic N) is 1. The standard InChI is InChI=1S/C11H22N2/c1-10-2-7-13(8-10)9-11(3-4-11)5-6-12/h10H,2-9,12H2,1H3. The van der Waals surface area contributed by atoms with E-state index in [-0.39, 0.29) is 0 Å². The Morgan fingerprint density at radius 1 is 1.46 bits per heavy atom. The molecule has 1 saturated carbocycles. The normalized spacial score (nSPS) is 32.3. The van der Waals surface area contributed by atoms with Crippen molar-refractivity contribution in [3.63, 3.8) is 0 Å². The molecule has 1 unspecified atom stereocenters. The molecule has 0 amide bonds. The van der Waals surface area contributed by atoms with Crippen LogP contribution in [0.4, 0.5) is 0 Å². The fraction of sp³-hybridized carbons (Fsp3) is 1.00. The third kappa shape index (κ3) is 2.23. The lowest BCUT2D eigenvalue weighted by molar-refractivity contribution is 0.249. The summed E-state index contributed by atoms with van der Waals surface area (Å²) in [5.74, 6) is 0.925. The minimum atomic E-state index is 0.652. The first-order chi connectivity index (χ1) is 6.24. The van der Waals surface area contributed by atoms with Crippen molar-refractivity contribution < 1.29 is 0 Å². The van der Waals surface area contributed by atoms with Crippen LogP contribution in [0.5, 0.6) is 0 Å². The lowest BCUT2D eigenvalue weighted by atomic mass is 10.0. The Kier molecular flexibility index (Phi) is 2.61. The van der Waals surface area contributed by atoms with Crippen molar-refractivity contribution in [1.82, 2.24) is 4.90 Å². The topological polar surface area (TPSA) is 29.3 Å². The Labute approximate surface area is 81.5 Å². The van der Waals surface area contributed by atoms with E-state index < -0.39 is 0 Å². The first kappa shape index (κ1) is 9.47. The van der Waals surface area contributed by atoms with Crippen molar-refractivity contribution in [2.75, 3.05) is 26.2 Å². The van der Waals surface area contributed by atoms with Crippen molar-refractivity contribution in [2.24, 2.45) is 17.1 Å². The maximum atomic E-state index is 5.64. The highest BCUT2D eigenvalue weighted by atomic mass is 15.2. The van der Waals surface area contributed by atoms with E-state index in [1.54, 1.807) is 0 Å². The van der Waals surface area contributed by atoms with Crippen LogP contribution in [0.3, 0.4) is 0 Å². The minimum absolute atomic E-state index is 0.652. The van der Waals surface area contributed by atoms with E-state index in [1.165, 1.54) is 45.3 Å². The molecule has 2 rings (SSSR count). The predicted molar refractivity (Wildman–Crippen MR) is 55.6 cm³/mol. The molecule has 0 aromatic carbocycles. The first-order valence-corrected chi connectivity index (χ1v) is 5.66. The molecule has 2 N–H and O–H groups in total. The summed E-state index contributed by atoms with van der Waals surface area (Å²) in [5.41, 5.74) is 6.29. The van der Waals surface area contributed by atoms with Gasteiger partial charge in [-0.1, -0.05) is 6.92 Å². The van der Waals surface area contributed by atoms with Crippen LogP contribution in [-0.2, 0) is 0 Å². The van der Waals surface area contributed by atoms with Crippen molar-refractivity contribution in [2.45, 2.75) is 32.6 Å². The van der Waals surface area contributed by atoms with E-state index in [9.17, 15) is 0 Å². The summed E-state index contributed by atoms with van der Waals surface area (Å²) in [6, 6.07) is 0. The average molecular weight is 182 g/mol. The number of hydrogen-bond acceptors (Lipinski definition) is 2. The molecular weight excluding hydrogens is 160 g/mol. The highest BCUT2D eigenvalue weighted by molar-refractivity contribution is 4.96. The molecule has 1 heterocycles. The highest BCUT2D eigenvalue weighted by Gasteiger charge is 2.43. The molecule has 0 radical (unpaired) electrons. The van der Waals surface area contributed by atoms with Crippen LogP contribution in [0.2, 0.25) is 0 Å². The fourth-order valence-corrected chi connectivity index (χ4v) is 2.61. The first-order valence-electron chi connectivity index (χ1n) is 5.66. The molecule has 2 nitrogen and oxygen atoms in total. The minimum Gasteiger partial charge on any atom is -0.330 e. The summed E-state index contributed by atoms with van der Waals surface area (Å²) >= 11 is 0. The Morgan fingerprint density at radius 3 is 2.69 bits per heavy atom. The molecule has 1 aliphatic carbocycles. The SMILES string of the molecule is CC1CCN(CC2(CCN)CC2)C1. The van der Waals surface area contributed by atoms with Crippen LogP contribution in [0, 0.1) is 11.3 Å². The zero-order valence-electron chi connectivity index (χ0n) is 8.76. The van der Waals surface area contributed by atoms with Gasteiger partial charge in [0.1, 0.15) is 0 Å². The summed E-state index contributed by atoms with van der Waals surface area (Å²) in [5, 5.41) is 0. The predicted octanol–water partition coefficient (Wildman–Crippen LogP) is 1.46. The number of likely N-dealkylation sites (tertiary alicyclic amines) is 1. The van der Waals surface area contributed by atoms with E-state index in [1.807, 2.05) is 0 Å². The van der Waals surface area contributed by atoms with Crippen LogP contribution in [0.15, 0.2) is 0 Å².